The van der Waals surface area contributed by atoms with Crippen LogP contribution in [0.15, 0.2) is 6.20 Å². The molecule has 0 unspecified atom stereocenters. The van der Waals surface area contributed by atoms with E-state index in [0.29, 0.717) is 5.52 Å². The van der Waals surface area contributed by atoms with E-state index in [1.54, 1.807) is 10.9 Å². The molecule has 0 spiro atoms. The number of thiophene rings is 1. The third-order valence-electron chi connectivity index (χ3n) is 1.95. The van der Waals surface area contributed by atoms with Crippen LogP contribution < -0.4 is 0 Å². The summed E-state index contributed by atoms with van der Waals surface area (Å²) in [6.45, 7) is 10.8. The molecule has 0 fully saturated rings. The number of hydrogen-bond donors (Lipinski definition) is 0. The standard InChI is InChI=1S/C9H8FN3S/c1-5(2)13-4-6-7(12-13)8(11-3)9(10)14-6/h4-5H,1-2H3. The smallest absolute Gasteiger partial charge is 0.260 e. The second-order valence-electron chi connectivity index (χ2n) is 3.25. The Morgan fingerprint density at radius 2 is 2.36 bits per heavy atom. The van der Waals surface area contributed by atoms with Crippen molar-refractivity contribution in [1.29, 1.82) is 0 Å². The number of halogens is 1. The van der Waals surface area contributed by atoms with Gasteiger partial charge in [-0.05, 0) is 13.8 Å². The summed E-state index contributed by atoms with van der Waals surface area (Å²) in [5, 5.41) is 3.74. The minimum absolute atomic E-state index is 0.0457. The van der Waals surface area contributed by atoms with E-state index in [2.05, 4.69) is 9.94 Å². The minimum Gasteiger partial charge on any atom is -0.269 e. The molecule has 2 heterocycles. The average molecular weight is 209 g/mol. The molecule has 0 N–H and O–H groups in total. The van der Waals surface area contributed by atoms with Crippen LogP contribution >= 0.6 is 11.3 Å². The van der Waals surface area contributed by atoms with Gasteiger partial charge >= 0.3 is 0 Å². The molecule has 72 valence electrons. The molecule has 0 aliphatic rings. The maximum absolute atomic E-state index is 13.1. The van der Waals surface area contributed by atoms with Gasteiger partial charge in [0.15, 0.2) is 5.13 Å². The Labute approximate surface area is 84.6 Å². The number of aromatic nitrogens is 2. The molecule has 0 bridgehead atoms. The van der Waals surface area contributed by atoms with Gasteiger partial charge in [-0.15, -0.1) is 11.3 Å². The van der Waals surface area contributed by atoms with Gasteiger partial charge in [0.05, 0.1) is 11.3 Å². The van der Waals surface area contributed by atoms with Crippen molar-refractivity contribution in [2.24, 2.45) is 0 Å². The van der Waals surface area contributed by atoms with Gasteiger partial charge in [0.1, 0.15) is 5.52 Å². The Bertz CT molecular complexity index is 518. The second-order valence-corrected chi connectivity index (χ2v) is 4.25. The highest BCUT2D eigenvalue weighted by molar-refractivity contribution is 7.18. The lowest BCUT2D eigenvalue weighted by Gasteiger charge is -2.02. The van der Waals surface area contributed by atoms with E-state index in [9.17, 15) is 4.39 Å². The predicted octanol–water partition coefficient (Wildman–Crippen LogP) is 3.37. The fraction of sp³-hybridized carbons (Fsp3) is 0.333. The Kier molecular flexibility index (Phi) is 2.01. The minimum atomic E-state index is -0.437. The van der Waals surface area contributed by atoms with Crippen molar-refractivity contribution in [2.75, 3.05) is 0 Å². The summed E-state index contributed by atoms with van der Waals surface area (Å²) < 4.78 is 15.6. The van der Waals surface area contributed by atoms with Gasteiger partial charge in [-0.25, -0.2) is 9.24 Å². The van der Waals surface area contributed by atoms with Crippen LogP contribution in [-0.2, 0) is 0 Å². The van der Waals surface area contributed by atoms with Gasteiger partial charge < -0.3 is 0 Å². The molecule has 0 aromatic carbocycles. The molecule has 0 aliphatic carbocycles. The van der Waals surface area contributed by atoms with Crippen molar-refractivity contribution in [3.05, 3.63) is 22.7 Å². The predicted molar refractivity (Wildman–Crippen MR) is 54.2 cm³/mol. The summed E-state index contributed by atoms with van der Waals surface area (Å²) in [5.74, 6) is 0. The summed E-state index contributed by atoms with van der Waals surface area (Å²) >= 11 is 0.978. The van der Waals surface area contributed by atoms with Crippen molar-refractivity contribution >= 4 is 27.2 Å². The normalized spacial score (nSPS) is 11.1. The zero-order chi connectivity index (χ0) is 10.3. The largest absolute Gasteiger partial charge is 0.269 e. The second kappa shape index (κ2) is 3.07. The first-order chi connectivity index (χ1) is 6.63. The van der Waals surface area contributed by atoms with Crippen LogP contribution in [-0.4, -0.2) is 9.78 Å². The summed E-state index contributed by atoms with van der Waals surface area (Å²) in [4.78, 5) is 3.14. The molecule has 0 saturated heterocycles. The first-order valence-electron chi connectivity index (χ1n) is 4.18. The first kappa shape index (κ1) is 9.16. The first-order valence-corrected chi connectivity index (χ1v) is 4.99. The van der Waals surface area contributed by atoms with Crippen LogP contribution in [0.25, 0.3) is 15.1 Å². The molecule has 0 aliphatic heterocycles. The van der Waals surface area contributed by atoms with E-state index in [4.69, 9.17) is 6.57 Å². The lowest BCUT2D eigenvalue weighted by atomic mass is 10.4. The van der Waals surface area contributed by atoms with E-state index in [0.717, 1.165) is 16.0 Å². The highest BCUT2D eigenvalue weighted by atomic mass is 32.1. The molecule has 2 aromatic rings. The van der Waals surface area contributed by atoms with Gasteiger partial charge in [-0.3, -0.25) is 4.68 Å². The lowest BCUT2D eigenvalue weighted by molar-refractivity contribution is 0.537. The van der Waals surface area contributed by atoms with Crippen molar-refractivity contribution < 1.29 is 4.39 Å². The third kappa shape index (κ3) is 1.19. The van der Waals surface area contributed by atoms with Crippen molar-refractivity contribution in [3.63, 3.8) is 0 Å². The molecule has 5 heteroatoms. The quantitative estimate of drug-likeness (QED) is 0.660. The highest BCUT2D eigenvalue weighted by Gasteiger charge is 2.16. The lowest BCUT2D eigenvalue weighted by Crippen LogP contribution is -2.00. The number of fused-ring (bicyclic) bond motifs is 1. The molecule has 14 heavy (non-hydrogen) atoms. The Morgan fingerprint density at radius 3 is 2.93 bits per heavy atom. The molecule has 0 amide bonds. The van der Waals surface area contributed by atoms with Crippen LogP contribution in [0, 0.1) is 11.7 Å². The monoisotopic (exact) mass is 209 g/mol. The highest BCUT2D eigenvalue weighted by Crippen LogP contribution is 2.35. The van der Waals surface area contributed by atoms with E-state index in [1.807, 2.05) is 13.8 Å². The zero-order valence-corrected chi connectivity index (χ0v) is 8.60. The molecule has 3 nitrogen and oxygen atoms in total. The Hall–Kier alpha value is -1.41. The summed E-state index contributed by atoms with van der Waals surface area (Å²) in [5.41, 5.74) is 0.528. The molecule has 0 radical (unpaired) electrons. The average Bonchev–Trinajstić information content (AvgIpc) is 2.60. The third-order valence-corrected chi connectivity index (χ3v) is 2.84. The Balaban J connectivity index is 2.70. The zero-order valence-electron chi connectivity index (χ0n) is 7.78. The number of nitrogens with zero attached hydrogens (tertiary/aromatic N) is 3. The number of rotatable bonds is 1. The van der Waals surface area contributed by atoms with E-state index < -0.39 is 5.13 Å². The maximum Gasteiger partial charge on any atom is 0.260 e. The topological polar surface area (TPSA) is 22.2 Å². The van der Waals surface area contributed by atoms with E-state index in [1.165, 1.54) is 0 Å². The summed E-state index contributed by atoms with van der Waals surface area (Å²) in [7, 11) is 0. The fourth-order valence-corrected chi connectivity index (χ4v) is 2.04. The van der Waals surface area contributed by atoms with Gasteiger partial charge in [0, 0.05) is 12.2 Å². The summed E-state index contributed by atoms with van der Waals surface area (Å²) in [6, 6.07) is 0.233. The van der Waals surface area contributed by atoms with Crippen LogP contribution in [0.4, 0.5) is 10.1 Å². The SMILES string of the molecule is [C-]#[N+]c1c(F)sc2cn(C(C)C)nc12. The summed E-state index contributed by atoms with van der Waals surface area (Å²) in [6.07, 6.45) is 1.78. The fourth-order valence-electron chi connectivity index (χ4n) is 1.21. The molecule has 0 atom stereocenters. The van der Waals surface area contributed by atoms with Gasteiger partial charge in [-0.1, -0.05) is 0 Å². The number of hydrogen-bond acceptors (Lipinski definition) is 2. The van der Waals surface area contributed by atoms with Gasteiger partial charge in [0.2, 0.25) is 0 Å². The molecule has 0 saturated carbocycles. The van der Waals surface area contributed by atoms with E-state index in [-0.39, 0.29) is 11.7 Å². The van der Waals surface area contributed by atoms with Crippen LogP contribution in [0.2, 0.25) is 0 Å². The van der Waals surface area contributed by atoms with E-state index >= 15 is 0 Å². The van der Waals surface area contributed by atoms with Crippen molar-refractivity contribution in [1.82, 2.24) is 9.78 Å². The molecular formula is C9H8FN3S. The molecular weight excluding hydrogens is 201 g/mol. The van der Waals surface area contributed by atoms with Gasteiger partial charge in [0.25, 0.3) is 5.69 Å². The van der Waals surface area contributed by atoms with Crippen LogP contribution in [0.5, 0.6) is 0 Å². The molecule has 2 rings (SSSR count). The Morgan fingerprint density at radius 1 is 1.64 bits per heavy atom. The van der Waals surface area contributed by atoms with Crippen molar-refractivity contribution in [3.8, 4) is 0 Å². The van der Waals surface area contributed by atoms with Crippen LogP contribution in [0.1, 0.15) is 19.9 Å². The molecule has 2 aromatic heterocycles. The van der Waals surface area contributed by atoms with Crippen LogP contribution in [0.3, 0.4) is 0 Å². The van der Waals surface area contributed by atoms with Gasteiger partial charge in [-0.2, -0.15) is 5.10 Å². The van der Waals surface area contributed by atoms with Crippen molar-refractivity contribution in [2.45, 2.75) is 19.9 Å². The maximum atomic E-state index is 13.1.